The van der Waals surface area contributed by atoms with Crippen molar-refractivity contribution in [3.63, 3.8) is 0 Å². The molecule has 2 atom stereocenters. The third-order valence-electron chi connectivity index (χ3n) is 4.28. The molecule has 9 heteroatoms. The van der Waals surface area contributed by atoms with Crippen LogP contribution < -0.4 is 5.73 Å². The topological polar surface area (TPSA) is 121 Å². The molecule has 1 aromatic rings. The highest BCUT2D eigenvalue weighted by Crippen LogP contribution is 2.22. The second-order valence-corrected chi connectivity index (χ2v) is 6.23. The van der Waals surface area contributed by atoms with Gasteiger partial charge in [0.25, 0.3) is 11.8 Å². The predicted octanol–water partition coefficient (Wildman–Crippen LogP) is -0.0119. The summed E-state index contributed by atoms with van der Waals surface area (Å²) in [6, 6.07) is 5.59. The predicted molar refractivity (Wildman–Crippen MR) is 96.7 cm³/mol. The molecule has 0 spiro atoms. The van der Waals surface area contributed by atoms with Gasteiger partial charge in [0.1, 0.15) is 12.1 Å². The number of likely N-dealkylation sites (tertiary alicyclic amines) is 1. The van der Waals surface area contributed by atoms with Crippen molar-refractivity contribution in [2.45, 2.75) is 24.9 Å². The molecule has 1 heterocycles. The lowest BCUT2D eigenvalue weighted by Gasteiger charge is -2.32. The first-order chi connectivity index (χ1) is 12.4. The summed E-state index contributed by atoms with van der Waals surface area (Å²) in [7, 11) is 0. The van der Waals surface area contributed by atoms with Gasteiger partial charge < -0.3 is 15.7 Å². The van der Waals surface area contributed by atoms with E-state index in [0.29, 0.717) is 24.3 Å². The molecule has 8 nitrogen and oxygen atoms in total. The van der Waals surface area contributed by atoms with Crippen molar-refractivity contribution in [2.75, 3.05) is 18.8 Å². The van der Waals surface area contributed by atoms with Gasteiger partial charge in [-0.2, -0.15) is 12.6 Å². The molecule has 0 aromatic heterocycles. The van der Waals surface area contributed by atoms with Crippen molar-refractivity contribution in [3.8, 4) is 0 Å². The highest BCUT2D eigenvalue weighted by molar-refractivity contribution is 7.80. The summed E-state index contributed by atoms with van der Waals surface area (Å²) in [5, 5.41) is 9.46. The fraction of sp³-hybridized carbons (Fsp3) is 0.412. The molecular formula is C17H21N3O5S. The van der Waals surface area contributed by atoms with Gasteiger partial charge in [0.05, 0.1) is 6.54 Å². The zero-order chi connectivity index (χ0) is 19.3. The average Bonchev–Trinajstić information content (AvgIpc) is 3.14. The molecule has 26 heavy (non-hydrogen) atoms. The zero-order valence-electron chi connectivity index (χ0n) is 14.1. The number of imide groups is 1. The van der Waals surface area contributed by atoms with Gasteiger partial charge in [-0.25, -0.2) is 4.79 Å². The van der Waals surface area contributed by atoms with E-state index in [-0.39, 0.29) is 17.9 Å². The van der Waals surface area contributed by atoms with Crippen LogP contribution in [-0.4, -0.2) is 69.5 Å². The first-order valence-corrected chi connectivity index (χ1v) is 8.81. The molecule has 0 bridgehead atoms. The Morgan fingerprint density at radius 2 is 1.92 bits per heavy atom. The first kappa shape index (κ1) is 19.9. The molecule has 0 unspecified atom stereocenters. The highest BCUT2D eigenvalue weighted by Gasteiger charge is 2.42. The van der Waals surface area contributed by atoms with Gasteiger partial charge in [-0.1, -0.05) is 18.2 Å². The third-order valence-corrected chi connectivity index (χ3v) is 4.63. The minimum atomic E-state index is -1.44. The monoisotopic (exact) mass is 379 g/mol. The largest absolute Gasteiger partial charge is 0.480 e. The normalized spacial score (nSPS) is 17.6. The summed E-state index contributed by atoms with van der Waals surface area (Å²) in [5.41, 5.74) is 5.57. The molecule has 3 N–H and O–H groups in total. The van der Waals surface area contributed by atoms with Gasteiger partial charge in [-0.3, -0.25) is 19.3 Å². The number of nitrogens with zero attached hydrogens (tertiary/aromatic N) is 2. The van der Waals surface area contributed by atoms with Crippen molar-refractivity contribution < 1.29 is 24.3 Å². The lowest BCUT2D eigenvalue weighted by Crippen LogP contribution is -2.56. The van der Waals surface area contributed by atoms with Crippen LogP contribution in [0.15, 0.2) is 30.3 Å². The van der Waals surface area contributed by atoms with E-state index in [2.05, 4.69) is 12.6 Å². The van der Waals surface area contributed by atoms with Gasteiger partial charge in [-0.05, 0) is 25.0 Å². The second-order valence-electron chi connectivity index (χ2n) is 5.87. The molecule has 1 aliphatic heterocycles. The Morgan fingerprint density at radius 3 is 2.46 bits per heavy atom. The molecule has 1 fully saturated rings. The van der Waals surface area contributed by atoms with Crippen LogP contribution in [0, 0.1) is 0 Å². The number of carboxylic acids is 1. The number of thiol groups is 1. The number of hydrogen-bond acceptors (Lipinski definition) is 6. The number of nitrogens with two attached hydrogens (primary N) is 1. The van der Waals surface area contributed by atoms with Gasteiger partial charge in [0.2, 0.25) is 5.91 Å². The second kappa shape index (κ2) is 8.81. The van der Waals surface area contributed by atoms with E-state index in [4.69, 9.17) is 5.73 Å². The Balaban J connectivity index is 2.40. The number of carbonyl (C=O) groups is 4. The minimum absolute atomic E-state index is 0.184. The van der Waals surface area contributed by atoms with Gasteiger partial charge >= 0.3 is 5.97 Å². The fourth-order valence-electron chi connectivity index (χ4n) is 2.98. The maximum Gasteiger partial charge on any atom is 0.327 e. The number of amides is 3. The summed E-state index contributed by atoms with van der Waals surface area (Å²) >= 11 is 3.99. The Bertz CT molecular complexity index is 697. The SMILES string of the molecule is NCC(=O)N1CCC[C@H]1C(=O)N(C(=O)c1ccccc1)[C@@H](CS)C(=O)O. The Labute approximate surface area is 156 Å². The number of hydrogen-bond donors (Lipinski definition) is 3. The summed E-state index contributed by atoms with van der Waals surface area (Å²) in [6.07, 6.45) is 0.927. The number of benzene rings is 1. The number of carbonyl (C=O) groups excluding carboxylic acids is 3. The van der Waals surface area contributed by atoms with Crippen LogP contribution in [-0.2, 0) is 14.4 Å². The zero-order valence-corrected chi connectivity index (χ0v) is 15.0. The Kier molecular flexibility index (Phi) is 6.76. The molecule has 140 valence electrons. The molecule has 0 aliphatic carbocycles. The van der Waals surface area contributed by atoms with Crippen LogP contribution in [0.1, 0.15) is 23.2 Å². The smallest absolute Gasteiger partial charge is 0.327 e. The van der Waals surface area contributed by atoms with Crippen LogP contribution in [0.4, 0.5) is 0 Å². The number of carboxylic acid groups (broad SMARTS) is 1. The fourth-order valence-corrected chi connectivity index (χ4v) is 3.30. The maximum atomic E-state index is 13.1. The van der Waals surface area contributed by atoms with E-state index in [1.54, 1.807) is 18.2 Å². The summed E-state index contributed by atoms with van der Waals surface area (Å²) in [4.78, 5) is 51.5. The molecule has 2 rings (SSSR count). The van der Waals surface area contributed by atoms with Gasteiger partial charge in [-0.15, -0.1) is 0 Å². The van der Waals surface area contributed by atoms with Crippen LogP contribution in [0.2, 0.25) is 0 Å². The van der Waals surface area contributed by atoms with E-state index < -0.39 is 35.8 Å². The Hall–Kier alpha value is -2.39. The van der Waals surface area contributed by atoms with Crippen LogP contribution in [0.5, 0.6) is 0 Å². The number of rotatable bonds is 6. The summed E-state index contributed by atoms with van der Waals surface area (Å²) < 4.78 is 0. The van der Waals surface area contributed by atoms with E-state index in [9.17, 15) is 24.3 Å². The average molecular weight is 379 g/mol. The Morgan fingerprint density at radius 1 is 1.27 bits per heavy atom. The van der Waals surface area contributed by atoms with Crippen molar-refractivity contribution >= 4 is 36.3 Å². The van der Waals surface area contributed by atoms with E-state index in [1.807, 2.05) is 0 Å². The summed E-state index contributed by atoms with van der Waals surface area (Å²) in [6.45, 7) is 0.0871. The molecule has 3 amide bonds. The van der Waals surface area contributed by atoms with Crippen molar-refractivity contribution in [2.24, 2.45) is 5.73 Å². The molecule has 1 aromatic carbocycles. The maximum absolute atomic E-state index is 13.1. The molecule has 0 radical (unpaired) electrons. The van der Waals surface area contributed by atoms with Gasteiger partial charge in [0, 0.05) is 17.9 Å². The molecular weight excluding hydrogens is 358 g/mol. The van der Waals surface area contributed by atoms with E-state index >= 15 is 0 Å². The van der Waals surface area contributed by atoms with E-state index in [0.717, 1.165) is 0 Å². The van der Waals surface area contributed by atoms with Crippen LogP contribution in [0.3, 0.4) is 0 Å². The molecule has 1 aliphatic rings. The lowest BCUT2D eigenvalue weighted by atomic mass is 10.1. The van der Waals surface area contributed by atoms with Crippen molar-refractivity contribution in [3.05, 3.63) is 35.9 Å². The third kappa shape index (κ3) is 4.05. The quantitative estimate of drug-likeness (QED) is 0.472. The molecule has 1 saturated heterocycles. The van der Waals surface area contributed by atoms with Gasteiger partial charge in [0.15, 0.2) is 0 Å². The van der Waals surface area contributed by atoms with Crippen molar-refractivity contribution in [1.29, 1.82) is 0 Å². The first-order valence-electron chi connectivity index (χ1n) is 8.18. The number of aliphatic carboxylic acids is 1. The van der Waals surface area contributed by atoms with Crippen molar-refractivity contribution in [1.82, 2.24) is 9.80 Å². The molecule has 0 saturated carbocycles. The lowest BCUT2D eigenvalue weighted by molar-refractivity contribution is -0.150. The van der Waals surface area contributed by atoms with E-state index in [1.165, 1.54) is 17.0 Å². The van der Waals surface area contributed by atoms with Crippen LogP contribution >= 0.6 is 12.6 Å². The minimum Gasteiger partial charge on any atom is -0.480 e. The van der Waals surface area contributed by atoms with Crippen LogP contribution in [0.25, 0.3) is 0 Å². The highest BCUT2D eigenvalue weighted by atomic mass is 32.1. The summed E-state index contributed by atoms with van der Waals surface area (Å²) in [5.74, 6) is -3.45. The standard InChI is InChI=1S/C17H21N3O5S/c18-9-14(21)19-8-4-7-12(19)16(23)20(13(10-26)17(24)25)15(22)11-5-2-1-3-6-11/h1-3,5-6,12-13,26H,4,7-10,18H2,(H,24,25)/t12-,13-/m0/s1.